The van der Waals surface area contributed by atoms with Crippen molar-refractivity contribution in [3.63, 3.8) is 0 Å². The number of esters is 1. The molecule has 3 heteroatoms. The molecule has 92 valence electrons. The summed E-state index contributed by atoms with van der Waals surface area (Å²) in [7, 11) is 0. The summed E-state index contributed by atoms with van der Waals surface area (Å²) in [6.07, 6.45) is 1.30. The summed E-state index contributed by atoms with van der Waals surface area (Å²) >= 11 is 0. The van der Waals surface area contributed by atoms with Gasteiger partial charge in [0.1, 0.15) is 5.78 Å². The third-order valence-electron chi connectivity index (χ3n) is 2.44. The predicted molar refractivity (Wildman–Crippen MR) is 65.6 cm³/mol. The fourth-order valence-corrected chi connectivity index (χ4v) is 1.62. The van der Waals surface area contributed by atoms with Gasteiger partial charge in [-0.3, -0.25) is 9.59 Å². The van der Waals surface area contributed by atoms with Crippen LogP contribution in [0.25, 0.3) is 0 Å². The fraction of sp³-hybridized carbons (Fsp3) is 0.429. The van der Waals surface area contributed by atoms with Gasteiger partial charge in [-0.25, -0.2) is 0 Å². The zero-order valence-corrected chi connectivity index (χ0v) is 10.3. The molecule has 0 N–H and O–H groups in total. The minimum atomic E-state index is -0.298. The van der Waals surface area contributed by atoms with E-state index in [0.717, 1.165) is 5.56 Å². The Hall–Kier alpha value is -1.64. The molecule has 0 aliphatic heterocycles. The average Bonchev–Trinajstić information content (AvgIpc) is 2.27. The SMILES string of the molecule is CC(=O)O[C@H](C)CCC(=O)Cc1ccccc1. The maximum atomic E-state index is 11.7. The van der Waals surface area contributed by atoms with E-state index in [1.807, 2.05) is 30.3 Å². The first kappa shape index (κ1) is 13.4. The molecule has 0 aromatic heterocycles. The number of hydrogen-bond acceptors (Lipinski definition) is 3. The van der Waals surface area contributed by atoms with Crippen LogP contribution in [-0.4, -0.2) is 17.9 Å². The standard InChI is InChI=1S/C14H18O3/c1-11(17-12(2)15)8-9-14(16)10-13-6-4-3-5-7-13/h3-7,11H,8-10H2,1-2H3/t11-/m1/s1. The van der Waals surface area contributed by atoms with Gasteiger partial charge < -0.3 is 4.74 Å². The lowest BCUT2D eigenvalue weighted by Gasteiger charge is -2.10. The molecule has 1 rings (SSSR count). The fourth-order valence-electron chi connectivity index (χ4n) is 1.62. The Morgan fingerprint density at radius 2 is 1.88 bits per heavy atom. The third kappa shape index (κ3) is 5.85. The summed E-state index contributed by atoms with van der Waals surface area (Å²) < 4.78 is 4.96. The first-order valence-electron chi connectivity index (χ1n) is 5.81. The number of rotatable bonds is 6. The summed E-state index contributed by atoms with van der Waals surface area (Å²) in [6, 6.07) is 9.64. The Labute approximate surface area is 102 Å². The van der Waals surface area contributed by atoms with E-state index in [-0.39, 0.29) is 17.9 Å². The van der Waals surface area contributed by atoms with Gasteiger partial charge in [-0.05, 0) is 18.9 Å². The zero-order chi connectivity index (χ0) is 12.7. The molecule has 3 nitrogen and oxygen atoms in total. The Bertz CT molecular complexity index is 370. The summed E-state index contributed by atoms with van der Waals surface area (Å²) in [5, 5.41) is 0. The molecule has 1 aromatic rings. The van der Waals surface area contributed by atoms with Crippen LogP contribution in [-0.2, 0) is 20.7 Å². The molecule has 0 amide bonds. The molecule has 0 spiro atoms. The van der Waals surface area contributed by atoms with Gasteiger partial charge in [-0.15, -0.1) is 0 Å². The van der Waals surface area contributed by atoms with Gasteiger partial charge in [0, 0.05) is 19.8 Å². The molecule has 0 aliphatic rings. The van der Waals surface area contributed by atoms with Crippen molar-refractivity contribution in [1.82, 2.24) is 0 Å². The Balaban J connectivity index is 2.28. The van der Waals surface area contributed by atoms with E-state index in [1.54, 1.807) is 6.92 Å². The van der Waals surface area contributed by atoms with Gasteiger partial charge >= 0.3 is 5.97 Å². The van der Waals surface area contributed by atoms with E-state index in [4.69, 9.17) is 4.74 Å². The molecule has 0 radical (unpaired) electrons. The van der Waals surface area contributed by atoms with Crippen LogP contribution in [0.2, 0.25) is 0 Å². The molecular formula is C14H18O3. The second kappa shape index (κ2) is 6.84. The van der Waals surface area contributed by atoms with Gasteiger partial charge in [0.15, 0.2) is 0 Å². The number of benzene rings is 1. The summed E-state index contributed by atoms with van der Waals surface area (Å²) in [5.41, 5.74) is 1.03. The van der Waals surface area contributed by atoms with Crippen molar-refractivity contribution in [2.75, 3.05) is 0 Å². The topological polar surface area (TPSA) is 43.4 Å². The highest BCUT2D eigenvalue weighted by Crippen LogP contribution is 2.07. The monoisotopic (exact) mass is 234 g/mol. The lowest BCUT2D eigenvalue weighted by Crippen LogP contribution is -2.14. The number of carbonyl (C=O) groups excluding carboxylic acids is 2. The number of hydrogen-bond donors (Lipinski definition) is 0. The summed E-state index contributed by atoms with van der Waals surface area (Å²) in [6.45, 7) is 3.18. The predicted octanol–water partition coefficient (Wildman–Crippen LogP) is 2.53. The normalized spacial score (nSPS) is 11.9. The van der Waals surface area contributed by atoms with Gasteiger partial charge in [0.25, 0.3) is 0 Å². The number of ether oxygens (including phenoxy) is 1. The molecule has 1 aromatic carbocycles. The molecular weight excluding hydrogens is 216 g/mol. The van der Waals surface area contributed by atoms with Crippen molar-refractivity contribution in [2.24, 2.45) is 0 Å². The molecule has 0 saturated heterocycles. The van der Waals surface area contributed by atoms with E-state index < -0.39 is 0 Å². The summed E-state index contributed by atoms with van der Waals surface area (Å²) in [5.74, 6) is -0.122. The van der Waals surface area contributed by atoms with E-state index in [1.165, 1.54) is 6.92 Å². The first-order valence-corrected chi connectivity index (χ1v) is 5.81. The Morgan fingerprint density at radius 1 is 1.24 bits per heavy atom. The molecule has 0 heterocycles. The Kier molecular flexibility index (Phi) is 5.40. The molecule has 0 aliphatic carbocycles. The van der Waals surface area contributed by atoms with Crippen molar-refractivity contribution in [2.45, 2.75) is 39.2 Å². The van der Waals surface area contributed by atoms with Crippen molar-refractivity contribution < 1.29 is 14.3 Å². The maximum Gasteiger partial charge on any atom is 0.302 e. The first-order chi connectivity index (χ1) is 8.08. The van der Waals surface area contributed by atoms with Crippen LogP contribution in [0.5, 0.6) is 0 Å². The highest BCUT2D eigenvalue weighted by atomic mass is 16.5. The van der Waals surface area contributed by atoms with Crippen LogP contribution in [0, 0.1) is 0 Å². The van der Waals surface area contributed by atoms with Gasteiger partial charge in [-0.2, -0.15) is 0 Å². The minimum absolute atomic E-state index is 0.176. The number of Topliss-reactive ketones (excluding diaryl/α,β-unsaturated/α-hetero) is 1. The molecule has 1 atom stereocenters. The van der Waals surface area contributed by atoms with Crippen LogP contribution in [0.3, 0.4) is 0 Å². The van der Waals surface area contributed by atoms with Crippen LogP contribution in [0.15, 0.2) is 30.3 Å². The lowest BCUT2D eigenvalue weighted by molar-refractivity contribution is -0.146. The number of ketones is 1. The van der Waals surface area contributed by atoms with Crippen LogP contribution in [0.1, 0.15) is 32.3 Å². The Morgan fingerprint density at radius 3 is 2.47 bits per heavy atom. The van der Waals surface area contributed by atoms with Crippen molar-refractivity contribution in [3.8, 4) is 0 Å². The second-order valence-electron chi connectivity index (χ2n) is 4.16. The van der Waals surface area contributed by atoms with Crippen molar-refractivity contribution in [1.29, 1.82) is 0 Å². The van der Waals surface area contributed by atoms with Gasteiger partial charge in [0.05, 0.1) is 6.10 Å². The molecule has 17 heavy (non-hydrogen) atoms. The molecule has 0 fully saturated rings. The van der Waals surface area contributed by atoms with Crippen LogP contribution < -0.4 is 0 Å². The van der Waals surface area contributed by atoms with Crippen LogP contribution in [0.4, 0.5) is 0 Å². The quantitative estimate of drug-likeness (QED) is 0.710. The second-order valence-corrected chi connectivity index (χ2v) is 4.16. The smallest absolute Gasteiger partial charge is 0.302 e. The largest absolute Gasteiger partial charge is 0.463 e. The van der Waals surface area contributed by atoms with E-state index in [0.29, 0.717) is 19.3 Å². The molecule has 0 saturated carbocycles. The minimum Gasteiger partial charge on any atom is -0.463 e. The third-order valence-corrected chi connectivity index (χ3v) is 2.44. The highest BCUT2D eigenvalue weighted by molar-refractivity contribution is 5.80. The van der Waals surface area contributed by atoms with Crippen LogP contribution >= 0.6 is 0 Å². The van der Waals surface area contributed by atoms with Gasteiger partial charge in [-0.1, -0.05) is 30.3 Å². The van der Waals surface area contributed by atoms with Crippen molar-refractivity contribution in [3.05, 3.63) is 35.9 Å². The zero-order valence-electron chi connectivity index (χ0n) is 10.3. The van der Waals surface area contributed by atoms with Gasteiger partial charge in [0.2, 0.25) is 0 Å². The van der Waals surface area contributed by atoms with E-state index in [2.05, 4.69) is 0 Å². The lowest BCUT2D eigenvalue weighted by atomic mass is 10.0. The summed E-state index contributed by atoms with van der Waals surface area (Å²) in [4.78, 5) is 22.3. The molecule has 0 unspecified atom stereocenters. The maximum absolute atomic E-state index is 11.7. The van der Waals surface area contributed by atoms with Crippen molar-refractivity contribution >= 4 is 11.8 Å². The van der Waals surface area contributed by atoms with E-state index in [9.17, 15) is 9.59 Å². The highest BCUT2D eigenvalue weighted by Gasteiger charge is 2.09. The average molecular weight is 234 g/mol. The van der Waals surface area contributed by atoms with E-state index >= 15 is 0 Å². The molecule has 0 bridgehead atoms. The number of carbonyl (C=O) groups is 2.